The zero-order chi connectivity index (χ0) is 10.8. The highest BCUT2D eigenvalue weighted by Gasteiger charge is 2.22. The van der Waals surface area contributed by atoms with Gasteiger partial charge in [0.2, 0.25) is 0 Å². The van der Waals surface area contributed by atoms with E-state index in [-0.39, 0.29) is 0 Å². The van der Waals surface area contributed by atoms with Crippen LogP contribution >= 0.6 is 0 Å². The van der Waals surface area contributed by atoms with Gasteiger partial charge in [0.15, 0.2) is 11.6 Å². The molecule has 0 amide bonds. The van der Waals surface area contributed by atoms with Gasteiger partial charge in [-0.3, -0.25) is 0 Å². The Morgan fingerprint density at radius 3 is 3.06 bits per heavy atom. The van der Waals surface area contributed by atoms with E-state index in [0.29, 0.717) is 6.04 Å². The predicted octanol–water partition coefficient (Wildman–Crippen LogP) is 1.09. The number of hydrogen-bond donors (Lipinski definition) is 1. The minimum Gasteiger partial charge on any atom is -0.307 e. The molecule has 5 nitrogen and oxygen atoms in total. The Morgan fingerprint density at radius 1 is 1.31 bits per heavy atom. The lowest BCUT2D eigenvalue weighted by Crippen LogP contribution is -2.18. The molecule has 0 spiro atoms. The quantitative estimate of drug-likeness (QED) is 0.814. The lowest BCUT2D eigenvalue weighted by atomic mass is 10.2. The van der Waals surface area contributed by atoms with Gasteiger partial charge in [-0.15, -0.1) is 0 Å². The Kier molecular flexibility index (Phi) is 2.38. The van der Waals surface area contributed by atoms with Gasteiger partial charge in [-0.1, -0.05) is 6.07 Å². The van der Waals surface area contributed by atoms with Crippen LogP contribution in [0.15, 0.2) is 30.7 Å². The van der Waals surface area contributed by atoms with Crippen LogP contribution in [0, 0.1) is 0 Å². The first-order chi connectivity index (χ1) is 7.95. The molecule has 5 heteroatoms. The molecule has 1 atom stereocenters. The number of pyridine rings is 1. The summed E-state index contributed by atoms with van der Waals surface area (Å²) in [6, 6.07) is 6.10. The van der Waals surface area contributed by atoms with Crippen LogP contribution in [0.5, 0.6) is 0 Å². The van der Waals surface area contributed by atoms with Crippen molar-refractivity contribution in [2.75, 3.05) is 6.54 Å². The molecule has 1 unspecified atom stereocenters. The minimum atomic E-state index is 0.310. The number of aromatic nitrogens is 4. The first kappa shape index (κ1) is 9.47. The summed E-state index contributed by atoms with van der Waals surface area (Å²) in [4.78, 5) is 8.61. The van der Waals surface area contributed by atoms with E-state index < -0.39 is 0 Å². The zero-order valence-electron chi connectivity index (χ0n) is 8.87. The Morgan fingerprint density at radius 2 is 2.31 bits per heavy atom. The van der Waals surface area contributed by atoms with Gasteiger partial charge in [0, 0.05) is 6.20 Å². The van der Waals surface area contributed by atoms with Crippen molar-refractivity contribution in [3.05, 3.63) is 36.5 Å². The maximum atomic E-state index is 4.32. The molecular weight excluding hydrogens is 202 g/mol. The highest BCUT2D eigenvalue weighted by molar-refractivity contribution is 5.22. The first-order valence-corrected chi connectivity index (χ1v) is 5.50. The van der Waals surface area contributed by atoms with Gasteiger partial charge in [0.05, 0.1) is 6.04 Å². The van der Waals surface area contributed by atoms with Crippen molar-refractivity contribution in [2.24, 2.45) is 0 Å². The molecular formula is C11H13N5. The van der Waals surface area contributed by atoms with Gasteiger partial charge in [0.1, 0.15) is 6.33 Å². The molecule has 1 fully saturated rings. The van der Waals surface area contributed by atoms with E-state index >= 15 is 0 Å². The molecule has 3 heterocycles. The fraction of sp³-hybridized carbons (Fsp3) is 0.364. The van der Waals surface area contributed by atoms with Gasteiger partial charge < -0.3 is 5.32 Å². The third-order valence-corrected chi connectivity index (χ3v) is 2.81. The Balaban J connectivity index is 1.99. The molecule has 16 heavy (non-hydrogen) atoms. The average Bonchev–Trinajstić information content (AvgIpc) is 3.01. The highest BCUT2D eigenvalue weighted by atomic mass is 15.4. The van der Waals surface area contributed by atoms with E-state index in [4.69, 9.17) is 0 Å². The molecule has 1 saturated heterocycles. The van der Waals surface area contributed by atoms with Crippen LogP contribution in [0.3, 0.4) is 0 Å². The fourth-order valence-electron chi connectivity index (χ4n) is 2.05. The van der Waals surface area contributed by atoms with Crippen molar-refractivity contribution < 1.29 is 0 Å². The summed E-state index contributed by atoms with van der Waals surface area (Å²) in [6.07, 6.45) is 5.66. The van der Waals surface area contributed by atoms with Crippen LogP contribution < -0.4 is 5.32 Å². The van der Waals surface area contributed by atoms with Crippen LogP contribution in [0.2, 0.25) is 0 Å². The predicted molar refractivity (Wildman–Crippen MR) is 59.1 cm³/mol. The SMILES string of the molecule is c1ccc(-n2ncnc2C2CCCN2)nc1. The van der Waals surface area contributed by atoms with E-state index in [1.165, 1.54) is 6.42 Å². The Hall–Kier alpha value is -1.75. The summed E-state index contributed by atoms with van der Waals surface area (Å²) < 4.78 is 1.81. The van der Waals surface area contributed by atoms with Gasteiger partial charge in [-0.05, 0) is 31.5 Å². The summed E-state index contributed by atoms with van der Waals surface area (Å²) in [5, 5.41) is 7.65. The summed E-state index contributed by atoms with van der Waals surface area (Å²) in [5.41, 5.74) is 0. The second kappa shape index (κ2) is 4.02. The Labute approximate surface area is 93.5 Å². The third kappa shape index (κ3) is 1.59. The van der Waals surface area contributed by atoms with Gasteiger partial charge in [-0.2, -0.15) is 9.78 Å². The summed E-state index contributed by atoms with van der Waals surface area (Å²) >= 11 is 0. The van der Waals surface area contributed by atoms with Crippen LogP contribution in [0.1, 0.15) is 24.7 Å². The van der Waals surface area contributed by atoms with Gasteiger partial charge >= 0.3 is 0 Å². The van der Waals surface area contributed by atoms with Crippen molar-refractivity contribution in [3.8, 4) is 5.82 Å². The molecule has 0 saturated carbocycles. The lowest BCUT2D eigenvalue weighted by Gasteiger charge is -2.10. The van der Waals surface area contributed by atoms with Gasteiger partial charge in [-0.25, -0.2) is 9.97 Å². The molecule has 2 aromatic heterocycles. The standard InChI is InChI=1S/C11H13N5/c1-2-6-13-10(5-1)16-11(14-8-15-16)9-4-3-7-12-9/h1-2,5-6,8-9,12H,3-4,7H2. The molecule has 1 aliphatic heterocycles. The topological polar surface area (TPSA) is 55.6 Å². The van der Waals surface area contributed by atoms with E-state index in [2.05, 4.69) is 20.4 Å². The van der Waals surface area contributed by atoms with Crippen LogP contribution in [0.4, 0.5) is 0 Å². The van der Waals surface area contributed by atoms with Crippen LogP contribution in [-0.2, 0) is 0 Å². The molecule has 0 radical (unpaired) electrons. The molecule has 1 aliphatic rings. The summed E-state index contributed by atoms with van der Waals surface area (Å²) in [7, 11) is 0. The highest BCUT2D eigenvalue weighted by Crippen LogP contribution is 2.22. The van der Waals surface area contributed by atoms with Gasteiger partial charge in [0.25, 0.3) is 0 Å². The van der Waals surface area contributed by atoms with E-state index in [1.807, 2.05) is 22.9 Å². The molecule has 2 aromatic rings. The Bertz CT molecular complexity index is 458. The third-order valence-electron chi connectivity index (χ3n) is 2.81. The van der Waals surface area contributed by atoms with Crippen LogP contribution in [-0.4, -0.2) is 26.3 Å². The summed E-state index contributed by atoms with van der Waals surface area (Å²) in [5.74, 6) is 1.78. The van der Waals surface area contributed by atoms with Crippen LogP contribution in [0.25, 0.3) is 5.82 Å². The van der Waals surface area contributed by atoms with E-state index in [0.717, 1.165) is 24.6 Å². The number of hydrogen-bond acceptors (Lipinski definition) is 4. The minimum absolute atomic E-state index is 0.310. The largest absolute Gasteiger partial charge is 0.307 e. The van der Waals surface area contributed by atoms with Crippen molar-refractivity contribution in [3.63, 3.8) is 0 Å². The number of nitrogens with one attached hydrogen (secondary N) is 1. The number of rotatable bonds is 2. The van der Waals surface area contributed by atoms with E-state index in [9.17, 15) is 0 Å². The molecule has 82 valence electrons. The average molecular weight is 215 g/mol. The van der Waals surface area contributed by atoms with Crippen molar-refractivity contribution in [1.82, 2.24) is 25.1 Å². The smallest absolute Gasteiger partial charge is 0.155 e. The molecule has 0 aliphatic carbocycles. The molecule has 0 aromatic carbocycles. The fourth-order valence-corrected chi connectivity index (χ4v) is 2.05. The monoisotopic (exact) mass is 215 g/mol. The van der Waals surface area contributed by atoms with Crippen molar-refractivity contribution in [2.45, 2.75) is 18.9 Å². The molecule has 3 rings (SSSR count). The second-order valence-corrected chi connectivity index (χ2v) is 3.87. The summed E-state index contributed by atoms with van der Waals surface area (Å²) in [6.45, 7) is 1.06. The van der Waals surface area contributed by atoms with Crippen molar-refractivity contribution in [1.29, 1.82) is 0 Å². The lowest BCUT2D eigenvalue weighted by molar-refractivity contribution is 0.580. The zero-order valence-corrected chi connectivity index (χ0v) is 8.87. The van der Waals surface area contributed by atoms with E-state index in [1.54, 1.807) is 12.5 Å². The molecule has 1 N–H and O–H groups in total. The maximum Gasteiger partial charge on any atom is 0.155 e. The number of nitrogens with zero attached hydrogens (tertiary/aromatic N) is 4. The maximum absolute atomic E-state index is 4.32. The normalized spacial score (nSPS) is 20.1. The second-order valence-electron chi connectivity index (χ2n) is 3.87. The first-order valence-electron chi connectivity index (χ1n) is 5.50. The molecule has 0 bridgehead atoms. The van der Waals surface area contributed by atoms with Crippen molar-refractivity contribution >= 4 is 0 Å².